The maximum Gasteiger partial charge on any atom is 0.165 e. The average molecular weight is 258 g/mol. The number of halogens is 1. The zero-order chi connectivity index (χ0) is 13.8. The minimum atomic E-state index is -0.403. The molecule has 2 nitrogen and oxygen atoms in total. The van der Waals surface area contributed by atoms with Crippen molar-refractivity contribution in [1.29, 1.82) is 0 Å². The summed E-state index contributed by atoms with van der Waals surface area (Å²) in [5.41, 5.74) is 1.56. The van der Waals surface area contributed by atoms with E-state index in [9.17, 15) is 9.18 Å². The van der Waals surface area contributed by atoms with Gasteiger partial charge in [-0.2, -0.15) is 0 Å². The topological polar surface area (TPSA) is 26.3 Å². The number of ether oxygens (including phenoxy) is 1. The molecule has 2 aromatic rings. The largest absolute Gasteiger partial charge is 0.454 e. The summed E-state index contributed by atoms with van der Waals surface area (Å²) in [7, 11) is 0. The predicted molar refractivity (Wildman–Crippen MR) is 72.3 cm³/mol. The molecule has 0 aliphatic rings. The SMILES string of the molecule is CCC(=O)c1ccc(Oc2cc(C)ccc2F)cc1. The highest BCUT2D eigenvalue weighted by atomic mass is 19.1. The lowest BCUT2D eigenvalue weighted by molar-refractivity contribution is 0.0988. The predicted octanol–water partition coefficient (Wildman–Crippen LogP) is 4.52. The molecule has 0 aliphatic heterocycles. The molecule has 0 aromatic heterocycles. The number of carbonyl (C=O) groups excluding carboxylic acids is 1. The summed E-state index contributed by atoms with van der Waals surface area (Å²) in [6.07, 6.45) is 0.465. The van der Waals surface area contributed by atoms with E-state index in [-0.39, 0.29) is 11.5 Å². The van der Waals surface area contributed by atoms with E-state index in [4.69, 9.17) is 4.74 Å². The van der Waals surface area contributed by atoms with Gasteiger partial charge >= 0.3 is 0 Å². The van der Waals surface area contributed by atoms with Crippen molar-refractivity contribution in [2.24, 2.45) is 0 Å². The van der Waals surface area contributed by atoms with Crippen LogP contribution in [0.3, 0.4) is 0 Å². The summed E-state index contributed by atoms with van der Waals surface area (Å²) < 4.78 is 19.0. The Morgan fingerprint density at radius 3 is 2.47 bits per heavy atom. The first kappa shape index (κ1) is 13.3. The molecule has 3 heteroatoms. The molecular formula is C16H15FO2. The maximum absolute atomic E-state index is 13.5. The number of ketones is 1. The van der Waals surface area contributed by atoms with Crippen molar-refractivity contribution in [1.82, 2.24) is 0 Å². The third kappa shape index (κ3) is 3.19. The Hall–Kier alpha value is -2.16. The number of aryl methyl sites for hydroxylation is 1. The van der Waals surface area contributed by atoms with E-state index < -0.39 is 5.82 Å². The second kappa shape index (κ2) is 5.65. The van der Waals surface area contributed by atoms with Gasteiger partial charge in [-0.25, -0.2) is 4.39 Å². The fourth-order valence-electron chi connectivity index (χ4n) is 1.73. The van der Waals surface area contributed by atoms with E-state index >= 15 is 0 Å². The third-order valence-electron chi connectivity index (χ3n) is 2.81. The molecule has 2 aromatic carbocycles. The van der Waals surface area contributed by atoms with Gasteiger partial charge in [-0.3, -0.25) is 4.79 Å². The van der Waals surface area contributed by atoms with E-state index in [1.165, 1.54) is 6.07 Å². The highest BCUT2D eigenvalue weighted by Gasteiger charge is 2.06. The van der Waals surface area contributed by atoms with Crippen molar-refractivity contribution in [3.63, 3.8) is 0 Å². The summed E-state index contributed by atoms with van der Waals surface area (Å²) in [4.78, 5) is 11.5. The maximum atomic E-state index is 13.5. The van der Waals surface area contributed by atoms with Crippen molar-refractivity contribution in [2.45, 2.75) is 20.3 Å². The molecule has 0 saturated carbocycles. The van der Waals surface area contributed by atoms with E-state index in [1.54, 1.807) is 36.4 Å². The third-order valence-corrected chi connectivity index (χ3v) is 2.81. The van der Waals surface area contributed by atoms with Gasteiger partial charge in [-0.1, -0.05) is 13.0 Å². The first-order valence-electron chi connectivity index (χ1n) is 6.17. The van der Waals surface area contributed by atoms with E-state index in [0.717, 1.165) is 5.56 Å². The molecule has 0 bridgehead atoms. The van der Waals surface area contributed by atoms with Crippen LogP contribution in [0, 0.1) is 12.7 Å². The van der Waals surface area contributed by atoms with Crippen LogP contribution < -0.4 is 4.74 Å². The van der Waals surface area contributed by atoms with E-state index in [0.29, 0.717) is 17.7 Å². The van der Waals surface area contributed by atoms with Crippen molar-refractivity contribution < 1.29 is 13.9 Å². The van der Waals surface area contributed by atoms with Crippen molar-refractivity contribution in [3.05, 3.63) is 59.4 Å². The van der Waals surface area contributed by atoms with Crippen LogP contribution in [0.15, 0.2) is 42.5 Å². The number of hydrogen-bond donors (Lipinski definition) is 0. The number of Topliss-reactive ketones (excluding diaryl/α,β-unsaturated/α-hetero) is 1. The Kier molecular flexibility index (Phi) is 3.95. The van der Waals surface area contributed by atoms with Crippen molar-refractivity contribution >= 4 is 5.78 Å². The lowest BCUT2D eigenvalue weighted by atomic mass is 10.1. The molecule has 0 N–H and O–H groups in total. The second-order valence-corrected chi connectivity index (χ2v) is 4.34. The molecule has 0 aliphatic carbocycles. The van der Waals surface area contributed by atoms with Gasteiger partial charge in [0.15, 0.2) is 17.3 Å². The van der Waals surface area contributed by atoms with Gasteiger partial charge in [0.1, 0.15) is 5.75 Å². The van der Waals surface area contributed by atoms with Gasteiger partial charge in [0.25, 0.3) is 0 Å². The molecule has 19 heavy (non-hydrogen) atoms. The summed E-state index contributed by atoms with van der Waals surface area (Å²) in [5.74, 6) is 0.374. The van der Waals surface area contributed by atoms with Crippen LogP contribution in [0.2, 0.25) is 0 Å². The van der Waals surface area contributed by atoms with Gasteiger partial charge in [0.2, 0.25) is 0 Å². The van der Waals surface area contributed by atoms with Gasteiger partial charge in [-0.15, -0.1) is 0 Å². The summed E-state index contributed by atoms with van der Waals surface area (Å²) >= 11 is 0. The van der Waals surface area contributed by atoms with E-state index in [1.807, 2.05) is 13.8 Å². The normalized spacial score (nSPS) is 10.3. The molecule has 0 atom stereocenters. The molecule has 98 valence electrons. The standard InChI is InChI=1S/C16H15FO2/c1-3-15(18)12-5-7-13(8-6-12)19-16-10-11(2)4-9-14(16)17/h4-10H,3H2,1-2H3. The van der Waals surface area contributed by atoms with Crippen molar-refractivity contribution in [3.8, 4) is 11.5 Å². The van der Waals surface area contributed by atoms with Crippen LogP contribution in [-0.2, 0) is 0 Å². The zero-order valence-electron chi connectivity index (χ0n) is 10.9. The molecule has 0 radical (unpaired) electrons. The van der Waals surface area contributed by atoms with Crippen LogP contribution in [0.25, 0.3) is 0 Å². The van der Waals surface area contributed by atoms with Gasteiger partial charge in [0, 0.05) is 12.0 Å². The lowest BCUT2D eigenvalue weighted by Gasteiger charge is -2.08. The Balaban J connectivity index is 2.19. The molecule has 0 spiro atoms. The van der Waals surface area contributed by atoms with Crippen LogP contribution in [-0.4, -0.2) is 5.78 Å². The molecule has 0 saturated heterocycles. The first-order chi connectivity index (χ1) is 9.10. The monoisotopic (exact) mass is 258 g/mol. The second-order valence-electron chi connectivity index (χ2n) is 4.34. The summed E-state index contributed by atoms with van der Waals surface area (Å²) in [6, 6.07) is 11.4. The molecule has 0 unspecified atom stereocenters. The summed E-state index contributed by atoms with van der Waals surface area (Å²) in [5, 5.41) is 0. The Morgan fingerprint density at radius 1 is 1.16 bits per heavy atom. The molecule has 2 rings (SSSR count). The smallest absolute Gasteiger partial charge is 0.165 e. The quantitative estimate of drug-likeness (QED) is 0.754. The highest BCUT2D eigenvalue weighted by Crippen LogP contribution is 2.25. The minimum Gasteiger partial charge on any atom is -0.454 e. The fourth-order valence-corrected chi connectivity index (χ4v) is 1.73. The highest BCUT2D eigenvalue weighted by molar-refractivity contribution is 5.95. The average Bonchev–Trinajstić information content (AvgIpc) is 2.43. The molecule has 0 heterocycles. The van der Waals surface area contributed by atoms with Gasteiger partial charge in [-0.05, 0) is 48.9 Å². The van der Waals surface area contributed by atoms with Crippen molar-refractivity contribution in [2.75, 3.05) is 0 Å². The van der Waals surface area contributed by atoms with Gasteiger partial charge < -0.3 is 4.74 Å². The Bertz CT molecular complexity index is 588. The number of rotatable bonds is 4. The van der Waals surface area contributed by atoms with E-state index in [2.05, 4.69) is 0 Å². The number of carbonyl (C=O) groups is 1. The number of benzene rings is 2. The molecular weight excluding hydrogens is 243 g/mol. The number of hydrogen-bond acceptors (Lipinski definition) is 2. The lowest BCUT2D eigenvalue weighted by Crippen LogP contribution is -1.96. The first-order valence-corrected chi connectivity index (χ1v) is 6.17. The minimum absolute atomic E-state index is 0.0771. The summed E-state index contributed by atoms with van der Waals surface area (Å²) in [6.45, 7) is 3.68. The Morgan fingerprint density at radius 2 is 1.84 bits per heavy atom. The van der Waals surface area contributed by atoms with Crippen LogP contribution in [0.1, 0.15) is 29.3 Å². The zero-order valence-corrected chi connectivity index (χ0v) is 10.9. The van der Waals surface area contributed by atoms with Gasteiger partial charge in [0.05, 0.1) is 0 Å². The Labute approximate surface area is 111 Å². The van der Waals surface area contributed by atoms with Crippen LogP contribution >= 0.6 is 0 Å². The molecule has 0 amide bonds. The van der Waals surface area contributed by atoms with Crippen LogP contribution in [0.4, 0.5) is 4.39 Å². The molecule has 0 fully saturated rings. The van der Waals surface area contributed by atoms with Crippen LogP contribution in [0.5, 0.6) is 11.5 Å². The fraction of sp³-hybridized carbons (Fsp3) is 0.188.